The second-order valence-corrected chi connectivity index (χ2v) is 9.83. The molecule has 4 nitrogen and oxygen atoms in total. The zero-order valence-corrected chi connectivity index (χ0v) is 20.4. The van der Waals surface area contributed by atoms with E-state index in [2.05, 4.69) is 0 Å². The van der Waals surface area contributed by atoms with Crippen LogP contribution in [0.5, 0.6) is 5.75 Å². The second kappa shape index (κ2) is 10.0. The van der Waals surface area contributed by atoms with Crippen molar-refractivity contribution >= 4 is 10.9 Å². The van der Waals surface area contributed by atoms with Gasteiger partial charge in [0.05, 0.1) is 12.1 Å². The molecule has 0 aliphatic carbocycles. The number of rotatable bonds is 8. The van der Waals surface area contributed by atoms with E-state index in [1.807, 2.05) is 30.3 Å². The molecule has 4 rings (SSSR count). The highest BCUT2D eigenvalue weighted by atomic mass is 19.4. The van der Waals surface area contributed by atoms with Gasteiger partial charge in [-0.05, 0) is 47.7 Å². The number of nitrogens with zero attached hydrogens (tertiary/aromatic N) is 1. The molecule has 1 unspecified atom stereocenters. The number of ether oxygens (including phenoxy) is 1. The van der Waals surface area contributed by atoms with E-state index in [-0.39, 0.29) is 34.3 Å². The number of hydrogen-bond acceptors (Lipinski definition) is 3. The minimum Gasteiger partial charge on any atom is -0.489 e. The zero-order chi connectivity index (χ0) is 26.8. The van der Waals surface area contributed by atoms with E-state index in [1.165, 1.54) is 54.9 Å². The lowest BCUT2D eigenvalue weighted by molar-refractivity contribution is -0.271. The molecule has 1 heterocycles. The standard InChI is InChI=1S/C29H27F4NO3/c1-27(2,23-16-21(30)12-13-26(23)37-17-20-8-4-3-5-9-20)18-28(36,29(31,32)33)19-34-15-14-25(35)22-10-6-7-11-24(22)34/h3-16,36H,17-19H2,1-2H3. The number of para-hydroxylation sites is 1. The number of hydrogen-bond donors (Lipinski definition) is 1. The molecule has 0 radical (unpaired) electrons. The first-order valence-corrected chi connectivity index (χ1v) is 11.7. The zero-order valence-electron chi connectivity index (χ0n) is 20.4. The molecule has 1 aromatic heterocycles. The molecule has 194 valence electrons. The van der Waals surface area contributed by atoms with Crippen molar-refractivity contribution < 1.29 is 27.4 Å². The summed E-state index contributed by atoms with van der Waals surface area (Å²) in [6.45, 7) is 2.31. The molecule has 0 aliphatic heterocycles. The van der Waals surface area contributed by atoms with Gasteiger partial charge in [-0.1, -0.05) is 56.3 Å². The van der Waals surface area contributed by atoms with Crippen LogP contribution in [-0.2, 0) is 18.6 Å². The molecule has 0 saturated carbocycles. The summed E-state index contributed by atoms with van der Waals surface area (Å²) in [6, 6.07) is 20.4. The lowest BCUT2D eigenvalue weighted by Crippen LogP contribution is -2.52. The van der Waals surface area contributed by atoms with Crippen molar-refractivity contribution in [3.8, 4) is 5.75 Å². The van der Waals surface area contributed by atoms with Crippen LogP contribution in [0.25, 0.3) is 10.9 Å². The molecule has 3 aromatic carbocycles. The number of alkyl halides is 3. The van der Waals surface area contributed by atoms with Crippen molar-refractivity contribution in [2.24, 2.45) is 0 Å². The maximum absolute atomic E-state index is 14.4. The smallest absolute Gasteiger partial charge is 0.418 e. The summed E-state index contributed by atoms with van der Waals surface area (Å²) < 4.78 is 64.7. The Balaban J connectivity index is 1.70. The summed E-state index contributed by atoms with van der Waals surface area (Å²) >= 11 is 0. The predicted molar refractivity (Wildman–Crippen MR) is 134 cm³/mol. The molecular weight excluding hydrogens is 486 g/mol. The number of aliphatic hydroxyl groups is 1. The summed E-state index contributed by atoms with van der Waals surface area (Å²) in [5.41, 5.74) is -3.57. The highest BCUT2D eigenvalue weighted by Crippen LogP contribution is 2.44. The molecule has 0 aliphatic rings. The van der Waals surface area contributed by atoms with Gasteiger partial charge in [-0.25, -0.2) is 4.39 Å². The van der Waals surface area contributed by atoms with Gasteiger partial charge in [0, 0.05) is 23.2 Å². The van der Waals surface area contributed by atoms with E-state index >= 15 is 0 Å². The first kappa shape index (κ1) is 26.4. The Kier molecular flexibility index (Phi) is 7.15. The highest BCUT2D eigenvalue weighted by molar-refractivity contribution is 5.78. The molecule has 0 amide bonds. The minimum absolute atomic E-state index is 0.141. The van der Waals surface area contributed by atoms with E-state index in [4.69, 9.17) is 4.74 Å². The van der Waals surface area contributed by atoms with Gasteiger partial charge in [0.1, 0.15) is 18.2 Å². The Labute approximate surface area is 211 Å². The lowest BCUT2D eigenvalue weighted by Gasteiger charge is -2.39. The van der Waals surface area contributed by atoms with E-state index in [1.54, 1.807) is 12.1 Å². The van der Waals surface area contributed by atoms with E-state index in [0.29, 0.717) is 0 Å². The third kappa shape index (κ3) is 5.69. The third-order valence-corrected chi connectivity index (χ3v) is 6.49. The molecule has 0 spiro atoms. The number of aromatic nitrogens is 1. The van der Waals surface area contributed by atoms with Crippen LogP contribution < -0.4 is 10.2 Å². The number of benzene rings is 3. The Morgan fingerprint density at radius 1 is 0.919 bits per heavy atom. The fraction of sp³-hybridized carbons (Fsp3) is 0.276. The van der Waals surface area contributed by atoms with Crippen molar-refractivity contribution in [1.82, 2.24) is 4.57 Å². The Bertz CT molecular complexity index is 1450. The van der Waals surface area contributed by atoms with Crippen LogP contribution in [0.2, 0.25) is 0 Å². The van der Waals surface area contributed by atoms with Crippen LogP contribution in [0.3, 0.4) is 0 Å². The van der Waals surface area contributed by atoms with Crippen molar-refractivity contribution in [2.75, 3.05) is 0 Å². The quantitative estimate of drug-likeness (QED) is 0.278. The third-order valence-electron chi connectivity index (χ3n) is 6.49. The maximum Gasteiger partial charge on any atom is 0.418 e. The topological polar surface area (TPSA) is 51.5 Å². The predicted octanol–water partition coefficient (Wildman–Crippen LogP) is 6.38. The summed E-state index contributed by atoms with van der Waals surface area (Å²) in [6.07, 6.45) is -4.56. The molecule has 1 N–H and O–H groups in total. The number of fused-ring (bicyclic) bond motifs is 1. The average molecular weight is 514 g/mol. The Morgan fingerprint density at radius 2 is 1.59 bits per heavy atom. The molecule has 0 saturated heterocycles. The van der Waals surface area contributed by atoms with Crippen LogP contribution in [0, 0.1) is 5.82 Å². The summed E-state index contributed by atoms with van der Waals surface area (Å²) in [7, 11) is 0. The van der Waals surface area contributed by atoms with E-state index < -0.39 is 36.0 Å². The molecular formula is C29H27F4NO3. The number of pyridine rings is 1. The lowest BCUT2D eigenvalue weighted by atomic mass is 9.74. The van der Waals surface area contributed by atoms with Crippen LogP contribution >= 0.6 is 0 Å². The van der Waals surface area contributed by atoms with Gasteiger partial charge in [0.2, 0.25) is 0 Å². The van der Waals surface area contributed by atoms with Crippen molar-refractivity contribution in [2.45, 2.75) is 50.6 Å². The maximum atomic E-state index is 14.4. The molecule has 37 heavy (non-hydrogen) atoms. The highest BCUT2D eigenvalue weighted by Gasteiger charge is 2.56. The van der Waals surface area contributed by atoms with E-state index in [9.17, 15) is 27.5 Å². The normalized spacial score (nSPS) is 13.9. The van der Waals surface area contributed by atoms with Crippen LogP contribution in [0.15, 0.2) is 89.9 Å². The van der Waals surface area contributed by atoms with Gasteiger partial charge in [0.25, 0.3) is 0 Å². The first-order chi connectivity index (χ1) is 17.4. The van der Waals surface area contributed by atoms with Gasteiger partial charge in [0.15, 0.2) is 11.0 Å². The number of halogens is 4. The van der Waals surface area contributed by atoms with Gasteiger partial charge < -0.3 is 14.4 Å². The van der Waals surface area contributed by atoms with E-state index in [0.717, 1.165) is 11.6 Å². The molecule has 4 aromatic rings. The fourth-order valence-corrected chi connectivity index (χ4v) is 4.64. The van der Waals surface area contributed by atoms with Gasteiger partial charge in [-0.3, -0.25) is 4.79 Å². The molecule has 8 heteroatoms. The minimum atomic E-state index is -5.02. The average Bonchev–Trinajstić information content (AvgIpc) is 2.85. The molecule has 0 bridgehead atoms. The van der Waals surface area contributed by atoms with Gasteiger partial charge >= 0.3 is 6.18 Å². The SMILES string of the molecule is CC(C)(CC(O)(Cn1ccc(=O)c2ccccc21)C(F)(F)F)c1cc(F)ccc1OCc1ccccc1. The Morgan fingerprint density at radius 3 is 2.30 bits per heavy atom. The van der Waals surface area contributed by atoms with Gasteiger partial charge in [-0.15, -0.1) is 0 Å². The summed E-state index contributed by atoms with van der Waals surface area (Å²) in [5, 5.41) is 11.4. The van der Waals surface area contributed by atoms with Crippen LogP contribution in [0.1, 0.15) is 31.4 Å². The molecule has 0 fully saturated rings. The van der Waals surface area contributed by atoms with Crippen molar-refractivity contribution in [3.63, 3.8) is 0 Å². The summed E-state index contributed by atoms with van der Waals surface area (Å²) in [5.74, 6) is -0.398. The molecule has 1 atom stereocenters. The fourth-order valence-electron chi connectivity index (χ4n) is 4.64. The second-order valence-electron chi connectivity index (χ2n) is 9.83. The first-order valence-electron chi connectivity index (χ1n) is 11.7. The largest absolute Gasteiger partial charge is 0.489 e. The van der Waals surface area contributed by atoms with Crippen molar-refractivity contribution in [1.29, 1.82) is 0 Å². The van der Waals surface area contributed by atoms with Gasteiger partial charge in [-0.2, -0.15) is 13.2 Å². The van der Waals surface area contributed by atoms with Crippen LogP contribution in [-0.4, -0.2) is 21.5 Å². The monoisotopic (exact) mass is 513 g/mol. The van der Waals surface area contributed by atoms with Crippen molar-refractivity contribution in [3.05, 3.63) is 112 Å². The Hall–Kier alpha value is -3.65. The van der Waals surface area contributed by atoms with Crippen LogP contribution in [0.4, 0.5) is 17.6 Å². The summed E-state index contributed by atoms with van der Waals surface area (Å²) in [4.78, 5) is 12.2.